The average molecular weight is 315 g/mol. The second-order valence-corrected chi connectivity index (χ2v) is 6.17. The van der Waals surface area contributed by atoms with Gasteiger partial charge in [-0.25, -0.2) is 4.79 Å². The maximum absolute atomic E-state index is 12.6. The number of piperazine rings is 1. The minimum absolute atomic E-state index is 0.138. The minimum Gasteiger partial charge on any atom is -0.481 e. The molecule has 0 radical (unpaired) electrons. The highest BCUT2D eigenvalue weighted by molar-refractivity contribution is 7.99. The molecule has 2 fully saturated rings. The van der Waals surface area contributed by atoms with Crippen molar-refractivity contribution in [2.24, 2.45) is 0 Å². The summed E-state index contributed by atoms with van der Waals surface area (Å²) in [6.07, 6.45) is -0.138. The Morgan fingerprint density at radius 3 is 2.76 bits per heavy atom. The molecule has 2 rings (SSSR count). The predicted molar refractivity (Wildman–Crippen MR) is 74.8 cm³/mol. The first kappa shape index (κ1) is 15.6. The Morgan fingerprint density at radius 1 is 1.38 bits per heavy atom. The van der Waals surface area contributed by atoms with Gasteiger partial charge in [-0.05, 0) is 6.92 Å². The molecule has 0 spiro atoms. The standard InChI is InChI=1S/C12H17N3O5S/c1-7-11(19)13-9(16)5-15(7)12(20)14-2-3-21-6-8(14)4-10(17)18/h7-8H,2-6H2,1H3,(H,17,18)(H,13,16,19). The predicted octanol–water partition coefficient (Wildman–Crippen LogP) is -0.655. The molecule has 0 aromatic rings. The van der Waals surface area contributed by atoms with E-state index in [1.54, 1.807) is 18.7 Å². The van der Waals surface area contributed by atoms with Crippen molar-refractivity contribution in [1.29, 1.82) is 0 Å². The summed E-state index contributed by atoms with van der Waals surface area (Å²) in [5, 5.41) is 11.1. The lowest BCUT2D eigenvalue weighted by atomic mass is 10.1. The fourth-order valence-corrected chi connectivity index (χ4v) is 3.45. The molecular formula is C12H17N3O5S. The number of carbonyl (C=O) groups is 4. The third-order valence-electron chi connectivity index (χ3n) is 3.55. The number of imide groups is 1. The summed E-state index contributed by atoms with van der Waals surface area (Å²) in [6, 6.07) is -1.60. The number of rotatable bonds is 2. The number of nitrogens with zero attached hydrogens (tertiary/aromatic N) is 2. The van der Waals surface area contributed by atoms with Crippen LogP contribution in [0.1, 0.15) is 13.3 Å². The molecular weight excluding hydrogens is 298 g/mol. The molecule has 2 aliphatic rings. The van der Waals surface area contributed by atoms with E-state index in [2.05, 4.69) is 5.32 Å². The maximum Gasteiger partial charge on any atom is 0.321 e. The van der Waals surface area contributed by atoms with Gasteiger partial charge < -0.3 is 14.9 Å². The highest BCUT2D eigenvalue weighted by Gasteiger charge is 2.38. The third kappa shape index (κ3) is 3.46. The number of urea groups is 1. The molecule has 21 heavy (non-hydrogen) atoms. The van der Waals surface area contributed by atoms with E-state index in [-0.39, 0.29) is 13.0 Å². The molecule has 2 unspecified atom stereocenters. The van der Waals surface area contributed by atoms with Crippen LogP contribution in [-0.4, -0.2) is 75.4 Å². The van der Waals surface area contributed by atoms with Gasteiger partial charge in [0.25, 0.3) is 0 Å². The molecule has 0 aromatic carbocycles. The van der Waals surface area contributed by atoms with Crippen molar-refractivity contribution in [2.45, 2.75) is 25.4 Å². The van der Waals surface area contributed by atoms with Gasteiger partial charge in [0.15, 0.2) is 0 Å². The van der Waals surface area contributed by atoms with Crippen LogP contribution in [0.15, 0.2) is 0 Å². The van der Waals surface area contributed by atoms with E-state index < -0.39 is 35.9 Å². The van der Waals surface area contributed by atoms with Gasteiger partial charge in [0.2, 0.25) is 11.8 Å². The smallest absolute Gasteiger partial charge is 0.321 e. The Morgan fingerprint density at radius 2 is 2.10 bits per heavy atom. The second-order valence-electron chi connectivity index (χ2n) is 5.02. The Labute approximate surface area is 125 Å². The van der Waals surface area contributed by atoms with E-state index in [4.69, 9.17) is 5.11 Å². The molecule has 0 saturated carbocycles. The van der Waals surface area contributed by atoms with Crippen molar-refractivity contribution in [2.75, 3.05) is 24.6 Å². The molecule has 4 amide bonds. The molecule has 9 heteroatoms. The van der Waals surface area contributed by atoms with Gasteiger partial charge in [-0.3, -0.25) is 19.7 Å². The number of amides is 4. The lowest BCUT2D eigenvalue weighted by Crippen LogP contribution is -2.63. The molecule has 116 valence electrons. The van der Waals surface area contributed by atoms with Crippen LogP contribution in [0.3, 0.4) is 0 Å². The Kier molecular flexibility index (Phi) is 4.71. The van der Waals surface area contributed by atoms with Gasteiger partial charge in [0.05, 0.1) is 12.5 Å². The highest BCUT2D eigenvalue weighted by Crippen LogP contribution is 2.21. The van der Waals surface area contributed by atoms with Crippen LogP contribution in [0.4, 0.5) is 4.79 Å². The Bertz CT molecular complexity index is 484. The van der Waals surface area contributed by atoms with Crippen molar-refractivity contribution < 1.29 is 24.3 Å². The van der Waals surface area contributed by atoms with Crippen molar-refractivity contribution in [3.63, 3.8) is 0 Å². The Hall–Kier alpha value is -1.77. The minimum atomic E-state index is -0.971. The summed E-state index contributed by atoms with van der Waals surface area (Å²) < 4.78 is 0. The Balaban J connectivity index is 2.14. The molecule has 0 aliphatic carbocycles. The van der Waals surface area contributed by atoms with Crippen molar-refractivity contribution in [1.82, 2.24) is 15.1 Å². The van der Waals surface area contributed by atoms with Gasteiger partial charge in [-0.2, -0.15) is 11.8 Å². The molecule has 2 aliphatic heterocycles. The normalized spacial score (nSPS) is 26.5. The van der Waals surface area contributed by atoms with Gasteiger partial charge >= 0.3 is 12.0 Å². The second kappa shape index (κ2) is 6.33. The van der Waals surface area contributed by atoms with Crippen molar-refractivity contribution >= 4 is 35.6 Å². The van der Waals surface area contributed by atoms with Crippen LogP contribution in [0, 0.1) is 0 Å². The van der Waals surface area contributed by atoms with Gasteiger partial charge in [0.1, 0.15) is 12.6 Å². The first-order valence-electron chi connectivity index (χ1n) is 6.60. The first-order valence-corrected chi connectivity index (χ1v) is 7.76. The number of hydrogen-bond donors (Lipinski definition) is 2. The van der Waals surface area contributed by atoms with Gasteiger partial charge in [0, 0.05) is 18.1 Å². The van der Waals surface area contributed by atoms with E-state index in [1.807, 2.05) is 0 Å². The van der Waals surface area contributed by atoms with Crippen LogP contribution < -0.4 is 5.32 Å². The van der Waals surface area contributed by atoms with E-state index >= 15 is 0 Å². The summed E-state index contributed by atoms with van der Waals surface area (Å²) in [5.74, 6) is -0.751. The topological polar surface area (TPSA) is 107 Å². The van der Waals surface area contributed by atoms with E-state index in [0.717, 1.165) is 0 Å². The molecule has 2 N–H and O–H groups in total. The number of carboxylic acids is 1. The molecule has 0 aromatic heterocycles. The third-order valence-corrected chi connectivity index (χ3v) is 4.64. The van der Waals surface area contributed by atoms with Crippen LogP contribution in [0.25, 0.3) is 0 Å². The lowest BCUT2D eigenvalue weighted by molar-refractivity contribution is -0.140. The zero-order valence-electron chi connectivity index (χ0n) is 11.6. The molecule has 2 atom stereocenters. The largest absolute Gasteiger partial charge is 0.481 e. The number of hydrogen-bond acceptors (Lipinski definition) is 5. The highest BCUT2D eigenvalue weighted by atomic mass is 32.2. The molecule has 2 saturated heterocycles. The zero-order valence-corrected chi connectivity index (χ0v) is 12.4. The fourth-order valence-electron chi connectivity index (χ4n) is 2.39. The molecule has 8 nitrogen and oxygen atoms in total. The number of thioether (sulfide) groups is 1. The van der Waals surface area contributed by atoms with E-state index in [9.17, 15) is 19.2 Å². The van der Waals surface area contributed by atoms with E-state index in [0.29, 0.717) is 18.1 Å². The van der Waals surface area contributed by atoms with Gasteiger partial charge in [-0.1, -0.05) is 0 Å². The molecule has 0 bridgehead atoms. The maximum atomic E-state index is 12.6. The molecule has 2 heterocycles. The lowest BCUT2D eigenvalue weighted by Gasteiger charge is -2.40. The number of carbonyl (C=O) groups excluding carboxylic acids is 3. The van der Waals surface area contributed by atoms with Crippen LogP contribution in [-0.2, 0) is 14.4 Å². The number of aliphatic carboxylic acids is 1. The summed E-state index contributed by atoms with van der Waals surface area (Å²) in [4.78, 5) is 49.2. The monoisotopic (exact) mass is 315 g/mol. The zero-order chi connectivity index (χ0) is 15.6. The summed E-state index contributed by atoms with van der Waals surface area (Å²) in [7, 11) is 0. The quantitative estimate of drug-likeness (QED) is 0.656. The van der Waals surface area contributed by atoms with Crippen molar-refractivity contribution in [3.05, 3.63) is 0 Å². The number of nitrogens with one attached hydrogen (secondary N) is 1. The summed E-state index contributed by atoms with van der Waals surface area (Å²) in [6.45, 7) is 1.78. The van der Waals surface area contributed by atoms with Crippen LogP contribution >= 0.6 is 11.8 Å². The SMILES string of the molecule is CC1C(=O)NC(=O)CN1C(=O)N1CCSCC1CC(=O)O. The van der Waals surface area contributed by atoms with Crippen LogP contribution in [0.2, 0.25) is 0 Å². The van der Waals surface area contributed by atoms with Crippen molar-refractivity contribution in [3.8, 4) is 0 Å². The van der Waals surface area contributed by atoms with Crippen LogP contribution in [0.5, 0.6) is 0 Å². The average Bonchev–Trinajstić information content (AvgIpc) is 2.42. The summed E-state index contributed by atoms with van der Waals surface area (Å²) in [5.41, 5.74) is 0. The number of carboxylic acid groups (broad SMARTS) is 1. The summed E-state index contributed by atoms with van der Waals surface area (Å²) >= 11 is 1.59. The van der Waals surface area contributed by atoms with Gasteiger partial charge in [-0.15, -0.1) is 0 Å². The first-order chi connectivity index (χ1) is 9.90. The fraction of sp³-hybridized carbons (Fsp3) is 0.667. The van der Waals surface area contributed by atoms with E-state index in [1.165, 1.54) is 9.80 Å².